The average molecular weight is 436 g/mol. The Morgan fingerprint density at radius 2 is 1.69 bits per heavy atom. The third-order valence-corrected chi connectivity index (χ3v) is 5.40. The summed E-state index contributed by atoms with van der Waals surface area (Å²) in [6, 6.07) is 17.8. The number of hydrogen-bond donors (Lipinski definition) is 0. The van der Waals surface area contributed by atoms with Gasteiger partial charge in [0, 0.05) is 0 Å². The lowest BCUT2D eigenvalue weighted by molar-refractivity contribution is 0.240. The molecule has 3 aromatic rings. The fourth-order valence-electron chi connectivity index (χ4n) is 3.87. The van der Waals surface area contributed by atoms with Crippen LogP contribution >= 0.6 is 0 Å². The molecule has 4 rings (SSSR count). The van der Waals surface area contributed by atoms with Crippen LogP contribution in [0.4, 0.5) is 8.78 Å². The van der Waals surface area contributed by atoms with Crippen LogP contribution in [0.3, 0.4) is 0 Å². The van der Waals surface area contributed by atoms with Gasteiger partial charge in [-0.2, -0.15) is 0 Å². The first-order valence-corrected chi connectivity index (χ1v) is 11.0. The zero-order chi connectivity index (χ0) is 22.7. The fraction of sp³-hybridized carbons (Fsp3) is 0.296. The van der Waals surface area contributed by atoms with E-state index in [0.29, 0.717) is 0 Å². The second-order valence-electron chi connectivity index (χ2n) is 8.22. The van der Waals surface area contributed by atoms with E-state index in [1.165, 1.54) is 23.8 Å². The van der Waals surface area contributed by atoms with Gasteiger partial charge in [0.1, 0.15) is 35.6 Å². The summed E-state index contributed by atoms with van der Waals surface area (Å²) in [7, 11) is 0. The van der Waals surface area contributed by atoms with E-state index in [9.17, 15) is 8.78 Å². The summed E-state index contributed by atoms with van der Waals surface area (Å²) in [5.74, 6) is -0.396. The highest BCUT2D eigenvalue weighted by molar-refractivity contribution is 5.95. The number of halogens is 2. The fourth-order valence-corrected chi connectivity index (χ4v) is 3.87. The molecular weight excluding hydrogens is 408 g/mol. The molecule has 0 radical (unpaired) electrons. The van der Waals surface area contributed by atoms with Gasteiger partial charge in [-0.3, -0.25) is 0 Å². The minimum absolute atomic E-state index is 0.0135. The minimum atomic E-state index is -0.674. The molecule has 1 unspecified atom stereocenters. The maximum atomic E-state index is 14.0. The summed E-state index contributed by atoms with van der Waals surface area (Å²) in [5, 5.41) is 0. The molecule has 0 N–H and O–H groups in total. The molecule has 1 heterocycles. The molecule has 0 aliphatic carbocycles. The van der Waals surface area contributed by atoms with Gasteiger partial charge in [-0.05, 0) is 66.8 Å². The van der Waals surface area contributed by atoms with E-state index < -0.39 is 11.6 Å². The molecule has 166 valence electrons. The number of aliphatic imine (C=N–C) groups is 1. The second kappa shape index (κ2) is 9.51. The van der Waals surface area contributed by atoms with Gasteiger partial charge in [0.25, 0.3) is 0 Å². The zero-order valence-corrected chi connectivity index (χ0v) is 18.6. The van der Waals surface area contributed by atoms with Crippen molar-refractivity contribution in [3.63, 3.8) is 0 Å². The van der Waals surface area contributed by atoms with Crippen molar-refractivity contribution in [3.05, 3.63) is 89.0 Å². The Hall–Kier alpha value is -3.21. The molecule has 32 heavy (non-hydrogen) atoms. The van der Waals surface area contributed by atoms with Crippen LogP contribution in [0.2, 0.25) is 0 Å². The second-order valence-corrected chi connectivity index (χ2v) is 8.22. The number of ether oxygens (including phenoxy) is 2. The van der Waals surface area contributed by atoms with Crippen molar-refractivity contribution in [1.29, 1.82) is 0 Å². The monoisotopic (exact) mass is 435 g/mol. The van der Waals surface area contributed by atoms with Crippen LogP contribution in [0.15, 0.2) is 65.7 Å². The van der Waals surface area contributed by atoms with Crippen molar-refractivity contribution in [1.82, 2.24) is 0 Å². The van der Waals surface area contributed by atoms with Crippen LogP contribution in [0.5, 0.6) is 5.75 Å². The third-order valence-electron chi connectivity index (χ3n) is 5.40. The van der Waals surface area contributed by atoms with Crippen LogP contribution in [0.1, 0.15) is 49.9 Å². The molecule has 0 fully saturated rings. The van der Waals surface area contributed by atoms with Gasteiger partial charge in [-0.15, -0.1) is 0 Å². The molecule has 3 nitrogen and oxygen atoms in total. The van der Waals surface area contributed by atoms with E-state index in [2.05, 4.69) is 24.0 Å². The van der Waals surface area contributed by atoms with Crippen molar-refractivity contribution in [2.24, 2.45) is 4.99 Å². The average Bonchev–Trinajstić information content (AvgIpc) is 3.24. The van der Waals surface area contributed by atoms with E-state index >= 15 is 0 Å². The van der Waals surface area contributed by atoms with Gasteiger partial charge in [0.2, 0.25) is 5.90 Å². The first kappa shape index (κ1) is 22.0. The van der Waals surface area contributed by atoms with Gasteiger partial charge >= 0.3 is 0 Å². The van der Waals surface area contributed by atoms with Crippen LogP contribution < -0.4 is 4.74 Å². The maximum Gasteiger partial charge on any atom is 0.222 e. The normalized spacial score (nSPS) is 15.6. The standard InChI is InChI=1S/C27H27F2NO2/c1-4-6-21-15-20(13-14-25(21)32-17(2)3)18-9-11-19(12-10-18)24-16-31-27(30-24)26-22(28)7-5-8-23(26)29/h5,7-15,17,24H,4,6,16H2,1-3H3. The van der Waals surface area contributed by atoms with Gasteiger partial charge in [-0.1, -0.05) is 49.7 Å². The topological polar surface area (TPSA) is 30.8 Å². The predicted octanol–water partition coefficient (Wildman–Crippen LogP) is 6.89. The summed E-state index contributed by atoms with van der Waals surface area (Å²) < 4.78 is 39.6. The summed E-state index contributed by atoms with van der Waals surface area (Å²) in [4.78, 5) is 4.43. The summed E-state index contributed by atoms with van der Waals surface area (Å²) >= 11 is 0. The molecule has 1 aliphatic heterocycles. The number of hydrogen-bond acceptors (Lipinski definition) is 3. The summed E-state index contributed by atoms with van der Waals surface area (Å²) in [6.45, 7) is 6.48. The molecule has 0 aromatic heterocycles. The molecule has 5 heteroatoms. The Morgan fingerprint density at radius 1 is 1.00 bits per heavy atom. The quantitative estimate of drug-likeness (QED) is 0.405. The lowest BCUT2D eigenvalue weighted by atomic mass is 9.98. The van der Waals surface area contributed by atoms with Crippen LogP contribution in [0, 0.1) is 11.6 Å². The Bertz CT molecular complexity index is 1100. The van der Waals surface area contributed by atoms with Crippen molar-refractivity contribution in [2.45, 2.75) is 45.8 Å². The van der Waals surface area contributed by atoms with Crippen molar-refractivity contribution in [2.75, 3.05) is 6.61 Å². The molecule has 0 amide bonds. The molecular formula is C27H27F2NO2. The maximum absolute atomic E-state index is 14.0. The van der Waals surface area contributed by atoms with Gasteiger partial charge in [0.15, 0.2) is 0 Å². The van der Waals surface area contributed by atoms with E-state index in [-0.39, 0.29) is 30.2 Å². The highest BCUT2D eigenvalue weighted by Crippen LogP contribution is 2.31. The first-order valence-electron chi connectivity index (χ1n) is 11.0. The first-order chi connectivity index (χ1) is 15.5. The highest BCUT2D eigenvalue weighted by Gasteiger charge is 2.26. The molecule has 3 aromatic carbocycles. The molecule has 0 saturated heterocycles. The lowest BCUT2D eigenvalue weighted by Gasteiger charge is -2.15. The highest BCUT2D eigenvalue weighted by atomic mass is 19.1. The number of nitrogens with zero attached hydrogens (tertiary/aromatic N) is 1. The Balaban J connectivity index is 1.56. The van der Waals surface area contributed by atoms with Crippen molar-refractivity contribution < 1.29 is 18.3 Å². The number of benzene rings is 3. The molecule has 0 saturated carbocycles. The predicted molar refractivity (Wildman–Crippen MR) is 123 cm³/mol. The Labute approximate surface area is 187 Å². The number of rotatable bonds is 7. The van der Waals surface area contributed by atoms with Crippen LogP contribution in [-0.2, 0) is 11.2 Å². The van der Waals surface area contributed by atoms with Gasteiger partial charge < -0.3 is 9.47 Å². The van der Waals surface area contributed by atoms with Gasteiger partial charge in [0.05, 0.1) is 6.10 Å². The molecule has 0 spiro atoms. The molecule has 1 atom stereocenters. The zero-order valence-electron chi connectivity index (χ0n) is 18.6. The van der Waals surface area contributed by atoms with Crippen molar-refractivity contribution >= 4 is 5.90 Å². The van der Waals surface area contributed by atoms with Crippen LogP contribution in [0.25, 0.3) is 11.1 Å². The van der Waals surface area contributed by atoms with Crippen LogP contribution in [-0.4, -0.2) is 18.6 Å². The summed E-state index contributed by atoms with van der Waals surface area (Å²) in [5.41, 5.74) is 4.14. The molecule has 1 aliphatic rings. The van der Waals surface area contributed by atoms with E-state index in [0.717, 1.165) is 35.3 Å². The van der Waals surface area contributed by atoms with E-state index in [4.69, 9.17) is 9.47 Å². The third kappa shape index (κ3) is 4.67. The minimum Gasteiger partial charge on any atom is -0.491 e. The van der Waals surface area contributed by atoms with E-state index in [1.54, 1.807) is 0 Å². The van der Waals surface area contributed by atoms with E-state index in [1.807, 2.05) is 44.2 Å². The Morgan fingerprint density at radius 3 is 2.34 bits per heavy atom. The summed E-state index contributed by atoms with van der Waals surface area (Å²) in [6.07, 6.45) is 2.13. The Kier molecular flexibility index (Phi) is 6.54. The van der Waals surface area contributed by atoms with Gasteiger partial charge in [-0.25, -0.2) is 13.8 Å². The van der Waals surface area contributed by atoms with Crippen molar-refractivity contribution in [3.8, 4) is 16.9 Å². The number of aryl methyl sites for hydroxylation is 1. The smallest absolute Gasteiger partial charge is 0.222 e. The SMILES string of the molecule is CCCc1cc(-c2ccc(C3COC(c4c(F)cccc4F)=N3)cc2)ccc1OC(C)C. The molecule has 0 bridgehead atoms. The lowest BCUT2D eigenvalue weighted by Crippen LogP contribution is -2.07. The largest absolute Gasteiger partial charge is 0.491 e.